The lowest BCUT2D eigenvalue weighted by atomic mass is 9.96. The van der Waals surface area contributed by atoms with E-state index in [2.05, 4.69) is 25.2 Å². The van der Waals surface area contributed by atoms with Gasteiger partial charge in [-0.15, -0.1) is 11.3 Å². The Bertz CT molecular complexity index is 704. The normalized spacial score (nSPS) is 24.1. The van der Waals surface area contributed by atoms with Crippen molar-refractivity contribution in [2.24, 2.45) is 0 Å². The second kappa shape index (κ2) is 5.88. The molecule has 4 rings (SSSR count). The van der Waals surface area contributed by atoms with Crippen LogP contribution in [0.4, 0.5) is 5.95 Å². The number of hydrogen-bond donors (Lipinski definition) is 0. The molecule has 0 bridgehead atoms. The minimum Gasteiger partial charge on any atom is -0.336 e. The summed E-state index contributed by atoms with van der Waals surface area (Å²) in [6.45, 7) is 3.52. The van der Waals surface area contributed by atoms with E-state index in [1.54, 1.807) is 23.7 Å². The highest BCUT2D eigenvalue weighted by Gasteiger charge is 2.44. The van der Waals surface area contributed by atoms with Gasteiger partial charge in [-0.05, 0) is 25.8 Å². The van der Waals surface area contributed by atoms with Gasteiger partial charge < -0.3 is 9.80 Å². The van der Waals surface area contributed by atoms with Gasteiger partial charge in [-0.25, -0.2) is 15.0 Å². The molecule has 4 heterocycles. The van der Waals surface area contributed by atoms with Crippen molar-refractivity contribution in [3.05, 3.63) is 34.5 Å². The summed E-state index contributed by atoms with van der Waals surface area (Å²) in [4.78, 5) is 30.0. The maximum Gasteiger partial charge on any atom is 0.225 e. The second-order valence-corrected chi connectivity index (χ2v) is 7.15. The first-order chi connectivity index (χ1) is 11.2. The average Bonchev–Trinajstić information content (AvgIpc) is 3.17. The lowest BCUT2D eigenvalue weighted by Crippen LogP contribution is -2.52. The molecule has 0 spiro atoms. The van der Waals surface area contributed by atoms with Crippen LogP contribution in [0.1, 0.15) is 30.0 Å². The van der Waals surface area contributed by atoms with Crippen LogP contribution in [0.15, 0.2) is 23.8 Å². The van der Waals surface area contributed by atoms with Crippen LogP contribution in [0.2, 0.25) is 0 Å². The second-order valence-electron chi connectivity index (χ2n) is 6.08. The van der Waals surface area contributed by atoms with Crippen molar-refractivity contribution < 1.29 is 4.79 Å². The summed E-state index contributed by atoms with van der Waals surface area (Å²) < 4.78 is 0. The number of hydrogen-bond acceptors (Lipinski definition) is 6. The lowest BCUT2D eigenvalue weighted by molar-refractivity contribution is -0.137. The van der Waals surface area contributed by atoms with Gasteiger partial charge in [0, 0.05) is 30.7 Å². The van der Waals surface area contributed by atoms with E-state index < -0.39 is 0 Å². The monoisotopic (exact) mass is 329 g/mol. The van der Waals surface area contributed by atoms with Crippen molar-refractivity contribution >= 4 is 23.2 Å². The van der Waals surface area contributed by atoms with E-state index in [1.807, 2.05) is 17.9 Å². The standard InChI is InChI=1S/C16H19N5OS/c1-11-19-12(10-23-11)9-21-14-5-8-20(13(14)3-4-15(21)22)16-17-6-2-7-18-16/h2,6-7,10,13-14H,3-5,8-9H2,1H3/t13-,14-/m1/s1. The largest absolute Gasteiger partial charge is 0.336 e. The minimum absolute atomic E-state index is 0.238. The molecule has 2 fully saturated rings. The van der Waals surface area contributed by atoms with Crippen molar-refractivity contribution in [1.82, 2.24) is 19.9 Å². The zero-order valence-corrected chi connectivity index (χ0v) is 13.9. The van der Waals surface area contributed by atoms with E-state index >= 15 is 0 Å². The highest BCUT2D eigenvalue weighted by Crippen LogP contribution is 2.34. The van der Waals surface area contributed by atoms with Gasteiger partial charge in [0.05, 0.1) is 29.3 Å². The van der Waals surface area contributed by atoms with E-state index in [9.17, 15) is 4.79 Å². The molecule has 2 aromatic rings. The molecule has 2 atom stereocenters. The number of fused-ring (bicyclic) bond motifs is 1. The molecule has 2 aromatic heterocycles. The van der Waals surface area contributed by atoms with E-state index in [-0.39, 0.29) is 11.9 Å². The Morgan fingerprint density at radius 3 is 2.83 bits per heavy atom. The fraction of sp³-hybridized carbons (Fsp3) is 0.500. The lowest BCUT2D eigenvalue weighted by Gasteiger charge is -2.39. The van der Waals surface area contributed by atoms with Crippen molar-refractivity contribution in [1.29, 1.82) is 0 Å². The van der Waals surface area contributed by atoms with E-state index in [4.69, 9.17) is 0 Å². The summed E-state index contributed by atoms with van der Waals surface area (Å²) in [5.41, 5.74) is 0.996. The summed E-state index contributed by atoms with van der Waals surface area (Å²) in [5, 5.41) is 3.10. The molecular weight excluding hydrogens is 310 g/mol. The van der Waals surface area contributed by atoms with Gasteiger partial charge in [-0.3, -0.25) is 4.79 Å². The van der Waals surface area contributed by atoms with Gasteiger partial charge in [-0.2, -0.15) is 0 Å². The molecule has 23 heavy (non-hydrogen) atoms. The van der Waals surface area contributed by atoms with Gasteiger partial charge in [0.25, 0.3) is 0 Å². The number of carbonyl (C=O) groups is 1. The molecule has 0 aliphatic carbocycles. The minimum atomic E-state index is 0.238. The van der Waals surface area contributed by atoms with Crippen molar-refractivity contribution in [2.75, 3.05) is 11.4 Å². The Hall–Kier alpha value is -2.02. The number of likely N-dealkylation sites (tertiary alicyclic amines) is 1. The number of amides is 1. The number of carbonyl (C=O) groups excluding carboxylic acids is 1. The van der Waals surface area contributed by atoms with Gasteiger partial charge in [0.1, 0.15) is 0 Å². The van der Waals surface area contributed by atoms with Crippen molar-refractivity contribution in [2.45, 2.75) is 44.8 Å². The van der Waals surface area contributed by atoms with Gasteiger partial charge >= 0.3 is 0 Å². The van der Waals surface area contributed by atoms with Crippen LogP contribution in [0, 0.1) is 6.92 Å². The number of aryl methyl sites for hydroxylation is 1. The van der Waals surface area contributed by atoms with Crippen molar-refractivity contribution in [3.8, 4) is 0 Å². The maximum atomic E-state index is 12.4. The third-order valence-corrected chi connectivity index (χ3v) is 5.52. The predicted molar refractivity (Wildman–Crippen MR) is 88.2 cm³/mol. The third kappa shape index (κ3) is 2.69. The van der Waals surface area contributed by atoms with E-state index in [0.717, 1.165) is 36.0 Å². The number of anilines is 1. The summed E-state index contributed by atoms with van der Waals surface area (Å²) >= 11 is 1.64. The Morgan fingerprint density at radius 2 is 2.09 bits per heavy atom. The average molecular weight is 329 g/mol. The Balaban J connectivity index is 1.56. The summed E-state index contributed by atoms with van der Waals surface area (Å²) in [5.74, 6) is 1.02. The zero-order chi connectivity index (χ0) is 15.8. The first kappa shape index (κ1) is 14.6. The first-order valence-electron chi connectivity index (χ1n) is 7.96. The summed E-state index contributed by atoms with van der Waals surface area (Å²) in [6.07, 6.45) is 6.00. The van der Waals surface area contributed by atoms with Gasteiger partial charge in [0.15, 0.2) is 0 Å². The molecule has 0 N–H and O–H groups in total. The van der Waals surface area contributed by atoms with Crippen LogP contribution in [-0.4, -0.2) is 44.4 Å². The zero-order valence-electron chi connectivity index (χ0n) is 13.1. The third-order valence-electron chi connectivity index (χ3n) is 4.69. The molecule has 120 valence electrons. The smallest absolute Gasteiger partial charge is 0.225 e. The van der Waals surface area contributed by atoms with E-state index in [0.29, 0.717) is 19.0 Å². The molecule has 0 radical (unpaired) electrons. The van der Waals surface area contributed by atoms with Crippen LogP contribution >= 0.6 is 11.3 Å². The summed E-state index contributed by atoms with van der Waals surface area (Å²) in [6, 6.07) is 2.38. The molecule has 0 unspecified atom stereocenters. The summed E-state index contributed by atoms with van der Waals surface area (Å²) in [7, 11) is 0. The molecule has 0 saturated carbocycles. The van der Waals surface area contributed by atoms with Crippen molar-refractivity contribution in [3.63, 3.8) is 0 Å². The van der Waals surface area contributed by atoms with Crippen LogP contribution < -0.4 is 4.90 Å². The molecule has 7 heteroatoms. The Kier molecular flexibility index (Phi) is 3.72. The van der Waals surface area contributed by atoms with Gasteiger partial charge in [0.2, 0.25) is 11.9 Å². The molecule has 2 aliphatic rings. The maximum absolute atomic E-state index is 12.4. The topological polar surface area (TPSA) is 62.2 Å². The quantitative estimate of drug-likeness (QED) is 0.862. The number of nitrogens with zero attached hydrogens (tertiary/aromatic N) is 5. The molecule has 1 amide bonds. The molecule has 2 saturated heterocycles. The molecule has 0 aromatic carbocycles. The predicted octanol–water partition coefficient (Wildman–Crippen LogP) is 2.01. The first-order valence-corrected chi connectivity index (χ1v) is 8.84. The van der Waals surface area contributed by atoms with Gasteiger partial charge in [-0.1, -0.05) is 0 Å². The fourth-order valence-corrected chi connectivity index (χ4v) is 4.30. The number of aromatic nitrogens is 3. The van der Waals surface area contributed by atoms with E-state index in [1.165, 1.54) is 0 Å². The molecule has 6 nitrogen and oxygen atoms in total. The highest BCUT2D eigenvalue weighted by molar-refractivity contribution is 7.09. The number of thiazole rings is 1. The Morgan fingerprint density at radius 1 is 1.26 bits per heavy atom. The highest BCUT2D eigenvalue weighted by atomic mass is 32.1. The number of rotatable bonds is 3. The SMILES string of the molecule is Cc1nc(CN2C(=O)CC[C@@H]3[C@H]2CCN3c2ncccn2)cs1. The van der Waals surface area contributed by atoms with Crippen LogP contribution in [-0.2, 0) is 11.3 Å². The van der Waals surface area contributed by atoms with Crippen LogP contribution in [0.3, 0.4) is 0 Å². The van der Waals surface area contributed by atoms with Crippen LogP contribution in [0.25, 0.3) is 0 Å². The Labute approximate surface area is 139 Å². The van der Waals surface area contributed by atoms with Crippen LogP contribution in [0.5, 0.6) is 0 Å². The molecule has 2 aliphatic heterocycles. The fourth-order valence-electron chi connectivity index (χ4n) is 3.70. The molecular formula is C16H19N5OS. The number of piperidine rings is 1.